The van der Waals surface area contributed by atoms with Gasteiger partial charge in [-0.05, 0) is 49.4 Å². The molecule has 0 aromatic heterocycles. The molecule has 0 radical (unpaired) electrons. The van der Waals surface area contributed by atoms with Gasteiger partial charge in [0.1, 0.15) is 0 Å². The average Bonchev–Trinajstić information content (AvgIpc) is 2.89. The second kappa shape index (κ2) is 17.4. The Morgan fingerprint density at radius 3 is 0.788 bits per heavy atom. The van der Waals surface area contributed by atoms with Gasteiger partial charge >= 0.3 is 34.5 Å². The summed E-state index contributed by atoms with van der Waals surface area (Å²) >= 11 is -0.346. The molecule has 4 rings (SSSR count). The zero-order valence-corrected chi connectivity index (χ0v) is 24.0. The van der Waals surface area contributed by atoms with Gasteiger partial charge in [-0.15, -0.1) is 0 Å². The van der Waals surface area contributed by atoms with Crippen LogP contribution in [0.1, 0.15) is 13.8 Å². The minimum atomic E-state index is -0.346. The minimum absolute atomic E-state index is 0.149. The summed E-state index contributed by atoms with van der Waals surface area (Å²) in [6.45, 7) is 4.54. The van der Waals surface area contributed by atoms with E-state index >= 15 is 0 Å². The van der Waals surface area contributed by atoms with Crippen molar-refractivity contribution in [2.24, 2.45) is 0 Å². The molecular weight excluding hydrogens is 570 g/mol. The van der Waals surface area contributed by atoms with Crippen LogP contribution < -0.4 is 21.2 Å². The molecule has 0 fully saturated rings. The first-order valence-corrected chi connectivity index (χ1v) is 18.4. The maximum atomic E-state index is 4.85. The number of benzene rings is 4. The molecule has 0 aliphatic carbocycles. The third kappa shape index (κ3) is 9.99. The number of hydrogen-bond donors (Lipinski definition) is 0. The summed E-state index contributed by atoms with van der Waals surface area (Å²) in [6.07, 6.45) is 2.42. The fourth-order valence-electron chi connectivity index (χ4n) is 3.46. The molecule has 0 unspecified atom stereocenters. The van der Waals surface area contributed by atoms with E-state index in [1.54, 1.807) is 0 Å². The molecule has 0 atom stereocenters. The van der Waals surface area contributed by atoms with Gasteiger partial charge in [-0.2, -0.15) is 0 Å². The number of halogens is 2. The van der Waals surface area contributed by atoms with Gasteiger partial charge in [0.2, 0.25) is 0 Å². The van der Waals surface area contributed by atoms with Crippen molar-refractivity contribution >= 4 is 56.4 Å². The van der Waals surface area contributed by atoms with E-state index in [0.717, 1.165) is 0 Å². The Labute approximate surface area is 217 Å². The van der Waals surface area contributed by atoms with Crippen LogP contribution in [0, 0.1) is 0 Å². The summed E-state index contributed by atoms with van der Waals surface area (Å²) in [7, 11) is 9.41. The van der Waals surface area contributed by atoms with Crippen LogP contribution in [-0.2, 0) is 15.1 Å². The van der Waals surface area contributed by atoms with Crippen LogP contribution in [0.4, 0.5) is 0 Å². The summed E-state index contributed by atoms with van der Waals surface area (Å²) in [5, 5.41) is 5.89. The molecule has 0 saturated heterocycles. The van der Waals surface area contributed by atoms with E-state index in [4.69, 9.17) is 19.4 Å². The first-order chi connectivity index (χ1) is 16.2. The Morgan fingerprint density at radius 1 is 0.455 bits per heavy atom. The van der Waals surface area contributed by atoms with Crippen molar-refractivity contribution in [2.45, 2.75) is 13.8 Å². The van der Waals surface area contributed by atoms with E-state index in [0.29, 0.717) is 0 Å². The van der Waals surface area contributed by atoms with Crippen LogP contribution in [0.25, 0.3) is 0 Å². The molecule has 4 aromatic rings. The van der Waals surface area contributed by atoms with E-state index in [2.05, 4.69) is 135 Å². The zero-order chi connectivity index (χ0) is 23.7. The Kier molecular flexibility index (Phi) is 14.9. The molecule has 0 aliphatic heterocycles. The van der Waals surface area contributed by atoms with Crippen molar-refractivity contribution in [3.63, 3.8) is 0 Å². The molecule has 0 saturated carbocycles. The van der Waals surface area contributed by atoms with Crippen molar-refractivity contribution in [1.29, 1.82) is 0 Å². The van der Waals surface area contributed by atoms with Crippen molar-refractivity contribution < 1.29 is 15.1 Å². The molecule has 174 valence electrons. The third-order valence-electron chi connectivity index (χ3n) is 4.90. The van der Waals surface area contributed by atoms with Gasteiger partial charge in [0.15, 0.2) is 0 Å². The molecule has 0 amide bonds. The first kappa shape index (κ1) is 28.2. The van der Waals surface area contributed by atoms with Crippen LogP contribution in [0.15, 0.2) is 121 Å². The molecule has 0 aliphatic rings. The summed E-state index contributed by atoms with van der Waals surface area (Å²) in [5.74, 6) is 0. The zero-order valence-electron chi connectivity index (χ0n) is 19.0. The van der Waals surface area contributed by atoms with Gasteiger partial charge in [-0.25, -0.2) is 0 Å². The van der Waals surface area contributed by atoms with E-state index in [1.165, 1.54) is 33.5 Å². The second-order valence-corrected chi connectivity index (χ2v) is 14.6. The molecule has 33 heavy (non-hydrogen) atoms. The summed E-state index contributed by atoms with van der Waals surface area (Å²) in [6, 6.07) is 43.3. The predicted molar refractivity (Wildman–Crippen MR) is 151 cm³/mol. The van der Waals surface area contributed by atoms with Crippen LogP contribution in [0.2, 0.25) is 0 Å². The van der Waals surface area contributed by atoms with E-state index in [-0.39, 0.29) is 31.0 Å². The SMILES string of the molecule is CCP(c1ccccc1)c1ccccc1.CCP(c1ccccc1)c1ccccc1.[Cl][Ru][Cl]. The fraction of sp³-hybridized carbons (Fsp3) is 0.143. The molecule has 0 N–H and O–H groups in total. The van der Waals surface area contributed by atoms with Crippen molar-refractivity contribution in [3.8, 4) is 0 Å². The molecule has 0 bridgehead atoms. The summed E-state index contributed by atoms with van der Waals surface area (Å²) in [5.41, 5.74) is 0. The van der Waals surface area contributed by atoms with Crippen LogP contribution in [0.5, 0.6) is 0 Å². The molecule has 5 heteroatoms. The first-order valence-electron chi connectivity index (χ1n) is 10.9. The Bertz CT molecular complexity index is 825. The van der Waals surface area contributed by atoms with Gasteiger partial charge < -0.3 is 0 Å². The standard InChI is InChI=1S/2C14H15P.2ClH.Ru/c2*1-2-15(13-9-5-3-6-10-13)14-11-7-4-8-12-14;;;/h2*3-12H,2H2,1H3;2*1H;/q;;;;+2/p-2. The second-order valence-electron chi connectivity index (χ2n) is 6.88. The van der Waals surface area contributed by atoms with Crippen molar-refractivity contribution in [2.75, 3.05) is 12.3 Å². The predicted octanol–water partition coefficient (Wildman–Crippen LogP) is 7.65. The number of rotatable bonds is 6. The van der Waals surface area contributed by atoms with Gasteiger partial charge in [0, 0.05) is 0 Å². The van der Waals surface area contributed by atoms with E-state index in [9.17, 15) is 0 Å². The van der Waals surface area contributed by atoms with Crippen LogP contribution in [0.3, 0.4) is 0 Å². The van der Waals surface area contributed by atoms with Gasteiger partial charge in [-0.3, -0.25) is 0 Å². The average molecular weight is 600 g/mol. The van der Waals surface area contributed by atoms with Crippen molar-refractivity contribution in [3.05, 3.63) is 121 Å². The van der Waals surface area contributed by atoms with E-state index in [1.807, 2.05) is 0 Å². The normalized spacial score (nSPS) is 10.2. The monoisotopic (exact) mass is 600 g/mol. The molecule has 0 heterocycles. The van der Waals surface area contributed by atoms with Crippen molar-refractivity contribution in [1.82, 2.24) is 0 Å². The Balaban J connectivity index is 0.000000209. The summed E-state index contributed by atoms with van der Waals surface area (Å²) < 4.78 is 0. The molecule has 4 aromatic carbocycles. The maximum absolute atomic E-state index is 4.85. The fourth-order valence-corrected chi connectivity index (χ4v) is 7.65. The third-order valence-corrected chi connectivity index (χ3v) is 9.85. The van der Waals surface area contributed by atoms with Gasteiger partial charge in [0.05, 0.1) is 0 Å². The van der Waals surface area contributed by atoms with Crippen LogP contribution in [-0.4, -0.2) is 12.3 Å². The quantitative estimate of drug-likeness (QED) is 0.158. The van der Waals surface area contributed by atoms with E-state index < -0.39 is 0 Å². The molecular formula is C28H30Cl2P2Ru. The van der Waals surface area contributed by atoms with Crippen LogP contribution >= 0.6 is 35.2 Å². The Hall–Kier alpha value is -1.06. The topological polar surface area (TPSA) is 0 Å². The van der Waals surface area contributed by atoms with Gasteiger partial charge in [0.25, 0.3) is 0 Å². The van der Waals surface area contributed by atoms with Gasteiger partial charge in [-0.1, -0.05) is 135 Å². The molecule has 0 nitrogen and oxygen atoms in total. The Morgan fingerprint density at radius 2 is 0.636 bits per heavy atom. The summed E-state index contributed by atoms with van der Waals surface area (Å²) in [4.78, 5) is 0. The molecule has 0 spiro atoms. The number of hydrogen-bond acceptors (Lipinski definition) is 0.